The normalized spacial score (nSPS) is 10.6. The van der Waals surface area contributed by atoms with Gasteiger partial charge in [0.2, 0.25) is 0 Å². The van der Waals surface area contributed by atoms with Crippen LogP contribution >= 0.6 is 27.5 Å². The smallest absolute Gasteiger partial charge is 0.292 e. The Morgan fingerprint density at radius 1 is 1.47 bits per heavy atom. The SMILES string of the molecule is CCc1oc(Cl)nc1-c1cccc(Br)c1. The van der Waals surface area contributed by atoms with Gasteiger partial charge in [0.25, 0.3) is 5.35 Å². The van der Waals surface area contributed by atoms with Gasteiger partial charge in [-0.2, -0.15) is 4.98 Å². The summed E-state index contributed by atoms with van der Waals surface area (Å²) in [5.41, 5.74) is 1.83. The highest BCUT2D eigenvalue weighted by Gasteiger charge is 2.12. The zero-order valence-electron chi connectivity index (χ0n) is 8.13. The molecule has 0 saturated carbocycles. The molecule has 0 atom stereocenters. The first-order chi connectivity index (χ1) is 7.20. The van der Waals surface area contributed by atoms with Crippen molar-refractivity contribution in [1.82, 2.24) is 4.98 Å². The van der Waals surface area contributed by atoms with Crippen LogP contribution in [0.1, 0.15) is 12.7 Å². The molecule has 1 aromatic heterocycles. The van der Waals surface area contributed by atoms with Gasteiger partial charge in [0.15, 0.2) is 0 Å². The molecule has 0 aliphatic rings. The van der Waals surface area contributed by atoms with E-state index in [9.17, 15) is 0 Å². The van der Waals surface area contributed by atoms with Gasteiger partial charge in [-0.15, -0.1) is 0 Å². The lowest BCUT2D eigenvalue weighted by molar-refractivity contribution is 0.513. The van der Waals surface area contributed by atoms with Crippen LogP contribution in [0.25, 0.3) is 11.3 Å². The summed E-state index contributed by atoms with van der Waals surface area (Å²) in [6, 6.07) is 7.91. The third kappa shape index (κ3) is 2.24. The van der Waals surface area contributed by atoms with Crippen molar-refractivity contribution >= 4 is 27.5 Å². The van der Waals surface area contributed by atoms with Gasteiger partial charge in [-0.25, -0.2) is 0 Å². The van der Waals surface area contributed by atoms with Crippen molar-refractivity contribution in [3.8, 4) is 11.3 Å². The van der Waals surface area contributed by atoms with E-state index in [1.54, 1.807) is 0 Å². The molecule has 2 nitrogen and oxygen atoms in total. The molecule has 0 radical (unpaired) electrons. The summed E-state index contributed by atoms with van der Waals surface area (Å²) < 4.78 is 6.31. The highest BCUT2D eigenvalue weighted by molar-refractivity contribution is 9.10. The fraction of sp³-hybridized carbons (Fsp3) is 0.182. The maximum absolute atomic E-state index is 5.74. The Labute approximate surface area is 101 Å². The molecule has 0 aliphatic heterocycles. The number of rotatable bonds is 2. The molecule has 2 rings (SSSR count). The lowest BCUT2D eigenvalue weighted by Gasteiger charge is -1.99. The van der Waals surface area contributed by atoms with E-state index >= 15 is 0 Å². The monoisotopic (exact) mass is 285 g/mol. The largest absolute Gasteiger partial charge is 0.432 e. The second kappa shape index (κ2) is 4.37. The van der Waals surface area contributed by atoms with Gasteiger partial charge in [0.1, 0.15) is 11.5 Å². The van der Waals surface area contributed by atoms with Crippen LogP contribution in [0.2, 0.25) is 5.35 Å². The first kappa shape index (κ1) is 10.7. The standard InChI is InChI=1S/C11H9BrClNO/c1-2-9-10(14-11(13)15-9)7-4-3-5-8(12)6-7/h3-6H,2H2,1H3. The Bertz CT molecular complexity index is 481. The Hall–Kier alpha value is -0.800. The molecule has 0 N–H and O–H groups in total. The fourth-order valence-electron chi connectivity index (χ4n) is 1.42. The Morgan fingerprint density at radius 3 is 2.93 bits per heavy atom. The zero-order chi connectivity index (χ0) is 10.8. The third-order valence-electron chi connectivity index (χ3n) is 2.09. The minimum atomic E-state index is 0.196. The second-order valence-corrected chi connectivity index (χ2v) is 4.34. The zero-order valence-corrected chi connectivity index (χ0v) is 10.5. The van der Waals surface area contributed by atoms with Gasteiger partial charge in [-0.1, -0.05) is 35.0 Å². The molecule has 0 amide bonds. The Kier molecular flexibility index (Phi) is 3.12. The maximum Gasteiger partial charge on any atom is 0.292 e. The topological polar surface area (TPSA) is 26.0 Å². The number of halogens is 2. The summed E-state index contributed by atoms with van der Waals surface area (Å²) in [5, 5.41) is 0.196. The van der Waals surface area contributed by atoms with Crippen LogP contribution < -0.4 is 0 Å². The molecule has 0 fully saturated rings. The number of oxazole rings is 1. The van der Waals surface area contributed by atoms with Crippen LogP contribution in [0.5, 0.6) is 0 Å². The summed E-state index contributed by atoms with van der Waals surface area (Å²) in [6.45, 7) is 2.01. The van der Waals surface area contributed by atoms with Gasteiger partial charge in [0.05, 0.1) is 0 Å². The number of hydrogen-bond donors (Lipinski definition) is 0. The van der Waals surface area contributed by atoms with E-state index in [-0.39, 0.29) is 5.35 Å². The highest BCUT2D eigenvalue weighted by atomic mass is 79.9. The molecule has 0 saturated heterocycles. The van der Waals surface area contributed by atoms with Crippen LogP contribution in [0.4, 0.5) is 0 Å². The number of aromatic nitrogens is 1. The quantitative estimate of drug-likeness (QED) is 0.822. The lowest BCUT2D eigenvalue weighted by Crippen LogP contribution is -1.83. The fourth-order valence-corrected chi connectivity index (χ4v) is 2.00. The van der Waals surface area contributed by atoms with Crippen LogP contribution in [0.15, 0.2) is 33.2 Å². The molecule has 0 unspecified atom stereocenters. The van der Waals surface area contributed by atoms with E-state index in [1.807, 2.05) is 31.2 Å². The van der Waals surface area contributed by atoms with E-state index in [0.717, 1.165) is 27.9 Å². The molecule has 0 bridgehead atoms. The minimum absolute atomic E-state index is 0.196. The van der Waals surface area contributed by atoms with Gasteiger partial charge < -0.3 is 4.42 Å². The van der Waals surface area contributed by atoms with E-state index in [4.69, 9.17) is 16.0 Å². The van der Waals surface area contributed by atoms with Gasteiger partial charge in [-0.05, 0) is 23.7 Å². The number of aryl methyl sites for hydroxylation is 1. The first-order valence-corrected chi connectivity index (χ1v) is 5.79. The predicted molar refractivity (Wildman–Crippen MR) is 64.0 cm³/mol. The molecular formula is C11H9BrClNO. The summed E-state index contributed by atoms with van der Waals surface area (Å²) in [5.74, 6) is 0.818. The average Bonchev–Trinajstić information content (AvgIpc) is 2.59. The van der Waals surface area contributed by atoms with Crippen LogP contribution in [-0.2, 0) is 6.42 Å². The van der Waals surface area contributed by atoms with E-state index in [1.165, 1.54) is 0 Å². The molecule has 15 heavy (non-hydrogen) atoms. The van der Waals surface area contributed by atoms with E-state index < -0.39 is 0 Å². The van der Waals surface area contributed by atoms with Gasteiger partial charge in [-0.3, -0.25) is 0 Å². The highest BCUT2D eigenvalue weighted by Crippen LogP contribution is 2.28. The minimum Gasteiger partial charge on any atom is -0.432 e. The van der Waals surface area contributed by atoms with Crippen molar-refractivity contribution in [3.63, 3.8) is 0 Å². The van der Waals surface area contributed by atoms with Crippen LogP contribution in [0, 0.1) is 0 Å². The molecule has 1 aromatic carbocycles. The summed E-state index contributed by atoms with van der Waals surface area (Å²) >= 11 is 9.17. The maximum atomic E-state index is 5.74. The van der Waals surface area contributed by atoms with Crippen molar-refractivity contribution in [2.45, 2.75) is 13.3 Å². The van der Waals surface area contributed by atoms with E-state index in [2.05, 4.69) is 20.9 Å². The van der Waals surface area contributed by atoms with Crippen molar-refractivity contribution < 1.29 is 4.42 Å². The van der Waals surface area contributed by atoms with Crippen molar-refractivity contribution in [2.24, 2.45) is 0 Å². The van der Waals surface area contributed by atoms with Crippen LogP contribution in [-0.4, -0.2) is 4.98 Å². The molecule has 78 valence electrons. The molecule has 0 spiro atoms. The Morgan fingerprint density at radius 2 is 2.27 bits per heavy atom. The summed E-state index contributed by atoms with van der Waals surface area (Å²) in [7, 11) is 0. The van der Waals surface area contributed by atoms with E-state index in [0.29, 0.717) is 0 Å². The number of hydrogen-bond acceptors (Lipinski definition) is 2. The molecule has 0 aliphatic carbocycles. The van der Waals surface area contributed by atoms with Crippen molar-refractivity contribution in [2.75, 3.05) is 0 Å². The predicted octanol–water partition coefficient (Wildman–Crippen LogP) is 4.32. The van der Waals surface area contributed by atoms with Crippen molar-refractivity contribution in [1.29, 1.82) is 0 Å². The molecular weight excluding hydrogens is 277 g/mol. The number of benzene rings is 1. The summed E-state index contributed by atoms with van der Waals surface area (Å²) in [6.07, 6.45) is 0.779. The van der Waals surface area contributed by atoms with Crippen LogP contribution in [0.3, 0.4) is 0 Å². The average molecular weight is 287 g/mol. The molecule has 2 aromatic rings. The summed E-state index contributed by atoms with van der Waals surface area (Å²) in [4.78, 5) is 4.17. The lowest BCUT2D eigenvalue weighted by atomic mass is 10.1. The second-order valence-electron chi connectivity index (χ2n) is 3.10. The molecule has 1 heterocycles. The third-order valence-corrected chi connectivity index (χ3v) is 2.75. The van der Waals surface area contributed by atoms with Gasteiger partial charge >= 0.3 is 0 Å². The molecule has 4 heteroatoms. The Balaban J connectivity index is 2.53. The number of nitrogens with zero attached hydrogens (tertiary/aromatic N) is 1. The van der Waals surface area contributed by atoms with Crippen molar-refractivity contribution in [3.05, 3.63) is 39.8 Å². The first-order valence-electron chi connectivity index (χ1n) is 4.62. The van der Waals surface area contributed by atoms with Gasteiger partial charge in [0, 0.05) is 16.5 Å².